The zero-order chi connectivity index (χ0) is 22.7. The molecule has 1 amide bonds. The van der Waals surface area contributed by atoms with Crippen LogP contribution in [0.4, 0.5) is 23.0 Å². The second kappa shape index (κ2) is 8.86. The third kappa shape index (κ3) is 4.28. The van der Waals surface area contributed by atoms with E-state index in [4.69, 9.17) is 11.6 Å². The Bertz CT molecular complexity index is 1340. The minimum atomic E-state index is -0.625. The third-order valence-corrected chi connectivity index (χ3v) is 5.01. The van der Waals surface area contributed by atoms with Gasteiger partial charge in [0, 0.05) is 16.3 Å². The van der Waals surface area contributed by atoms with E-state index < -0.39 is 16.5 Å². The standard InChI is InChI=1S/C22H17ClN6O3/c1-13-11-15(23)9-10-18(13)26-20-19(29(31)32)21(25-12-24-20)27-28-22(30)17-8-4-6-14-5-2-3-7-16(14)17/h2-12H,1H3,(H,28,30)(H2,24,25,26,27). The van der Waals surface area contributed by atoms with E-state index in [0.29, 0.717) is 16.3 Å². The second-order valence-electron chi connectivity index (χ2n) is 6.87. The summed E-state index contributed by atoms with van der Waals surface area (Å²) in [6.07, 6.45) is 1.16. The number of amides is 1. The van der Waals surface area contributed by atoms with Crippen molar-refractivity contribution in [2.45, 2.75) is 6.92 Å². The molecule has 0 bridgehead atoms. The van der Waals surface area contributed by atoms with Crippen molar-refractivity contribution in [2.24, 2.45) is 0 Å². The van der Waals surface area contributed by atoms with Crippen LogP contribution in [0.5, 0.6) is 0 Å². The van der Waals surface area contributed by atoms with Crippen molar-refractivity contribution in [1.82, 2.24) is 15.4 Å². The van der Waals surface area contributed by atoms with E-state index in [0.717, 1.165) is 22.7 Å². The average molecular weight is 449 g/mol. The number of nitrogens with one attached hydrogen (secondary N) is 3. The van der Waals surface area contributed by atoms with Gasteiger partial charge in [0.15, 0.2) is 0 Å². The lowest BCUT2D eigenvalue weighted by molar-refractivity contribution is -0.383. The highest BCUT2D eigenvalue weighted by molar-refractivity contribution is 6.30. The molecular formula is C22H17ClN6O3. The van der Waals surface area contributed by atoms with Crippen molar-refractivity contribution in [3.63, 3.8) is 0 Å². The first kappa shape index (κ1) is 21.0. The van der Waals surface area contributed by atoms with Gasteiger partial charge in [0.1, 0.15) is 6.33 Å². The van der Waals surface area contributed by atoms with Crippen molar-refractivity contribution >= 4 is 51.3 Å². The number of hydrazine groups is 1. The molecule has 1 aromatic heterocycles. The van der Waals surface area contributed by atoms with Gasteiger partial charge in [-0.2, -0.15) is 0 Å². The number of hydrogen-bond donors (Lipinski definition) is 3. The summed E-state index contributed by atoms with van der Waals surface area (Å²) < 4.78 is 0. The molecule has 0 fully saturated rings. The van der Waals surface area contributed by atoms with Gasteiger partial charge < -0.3 is 5.32 Å². The van der Waals surface area contributed by atoms with Crippen LogP contribution in [0.25, 0.3) is 10.8 Å². The van der Waals surface area contributed by atoms with Crippen molar-refractivity contribution in [3.05, 3.63) is 93.3 Å². The smallest absolute Gasteiger partial charge is 0.334 e. The average Bonchev–Trinajstić information content (AvgIpc) is 2.78. The normalized spacial score (nSPS) is 10.6. The summed E-state index contributed by atoms with van der Waals surface area (Å²) in [6, 6.07) is 17.8. The zero-order valence-corrected chi connectivity index (χ0v) is 17.6. The fraction of sp³-hybridized carbons (Fsp3) is 0.0455. The van der Waals surface area contributed by atoms with Crippen LogP contribution in [0.2, 0.25) is 5.02 Å². The van der Waals surface area contributed by atoms with Gasteiger partial charge in [-0.1, -0.05) is 48.0 Å². The van der Waals surface area contributed by atoms with Gasteiger partial charge in [0.05, 0.1) is 4.92 Å². The summed E-state index contributed by atoms with van der Waals surface area (Å²) in [7, 11) is 0. The molecule has 0 saturated carbocycles. The Labute approximate surface area is 187 Å². The molecular weight excluding hydrogens is 432 g/mol. The van der Waals surface area contributed by atoms with Crippen LogP contribution in [0, 0.1) is 17.0 Å². The van der Waals surface area contributed by atoms with Crippen molar-refractivity contribution in [3.8, 4) is 0 Å². The van der Waals surface area contributed by atoms with Crippen LogP contribution >= 0.6 is 11.6 Å². The molecule has 32 heavy (non-hydrogen) atoms. The van der Waals surface area contributed by atoms with Crippen molar-refractivity contribution in [1.29, 1.82) is 0 Å². The molecule has 0 unspecified atom stereocenters. The Morgan fingerprint density at radius 2 is 1.78 bits per heavy atom. The number of hydrogen-bond acceptors (Lipinski definition) is 7. The number of aryl methyl sites for hydroxylation is 1. The van der Waals surface area contributed by atoms with Gasteiger partial charge in [0.2, 0.25) is 11.6 Å². The van der Waals surface area contributed by atoms with Crippen LogP contribution < -0.4 is 16.2 Å². The van der Waals surface area contributed by atoms with Crippen LogP contribution in [0.1, 0.15) is 15.9 Å². The molecule has 9 nitrogen and oxygen atoms in total. The maximum absolute atomic E-state index is 12.8. The number of nitro groups is 1. The number of benzene rings is 3. The molecule has 4 aromatic rings. The zero-order valence-electron chi connectivity index (χ0n) is 16.8. The highest BCUT2D eigenvalue weighted by atomic mass is 35.5. The highest BCUT2D eigenvalue weighted by Crippen LogP contribution is 2.32. The van der Waals surface area contributed by atoms with Gasteiger partial charge >= 0.3 is 5.69 Å². The van der Waals surface area contributed by atoms with E-state index in [1.54, 1.807) is 30.3 Å². The number of carbonyl (C=O) groups excluding carboxylic acids is 1. The lowest BCUT2D eigenvalue weighted by atomic mass is 10.0. The Kier molecular flexibility index (Phi) is 5.82. The van der Waals surface area contributed by atoms with E-state index in [1.807, 2.05) is 37.3 Å². The largest absolute Gasteiger partial charge is 0.355 e. The molecule has 0 aliphatic carbocycles. The van der Waals surface area contributed by atoms with E-state index >= 15 is 0 Å². The van der Waals surface area contributed by atoms with E-state index in [1.165, 1.54) is 0 Å². The van der Waals surface area contributed by atoms with E-state index in [9.17, 15) is 14.9 Å². The first-order chi connectivity index (χ1) is 15.4. The molecule has 0 aliphatic heterocycles. The van der Waals surface area contributed by atoms with E-state index in [2.05, 4.69) is 26.1 Å². The molecule has 0 saturated heterocycles. The fourth-order valence-corrected chi connectivity index (χ4v) is 3.46. The van der Waals surface area contributed by atoms with Crippen LogP contribution in [-0.2, 0) is 0 Å². The predicted octanol–water partition coefficient (Wildman–Crippen LogP) is 5.00. The molecule has 10 heteroatoms. The summed E-state index contributed by atoms with van der Waals surface area (Å²) in [5.41, 5.74) is 6.42. The number of aromatic nitrogens is 2. The number of halogens is 1. The Hall–Kier alpha value is -4.24. The lowest BCUT2D eigenvalue weighted by Gasteiger charge is -2.13. The number of carbonyl (C=O) groups is 1. The highest BCUT2D eigenvalue weighted by Gasteiger charge is 2.24. The van der Waals surface area contributed by atoms with Gasteiger partial charge in [0.25, 0.3) is 5.91 Å². The molecule has 1 heterocycles. The molecule has 0 atom stereocenters. The monoisotopic (exact) mass is 448 g/mol. The SMILES string of the molecule is Cc1cc(Cl)ccc1Nc1ncnc(NNC(=O)c2cccc3ccccc23)c1[N+](=O)[O-]. The molecule has 0 spiro atoms. The van der Waals surface area contributed by atoms with Gasteiger partial charge in [-0.25, -0.2) is 9.97 Å². The first-order valence-electron chi connectivity index (χ1n) is 9.50. The Morgan fingerprint density at radius 1 is 1.03 bits per heavy atom. The molecule has 0 aliphatic rings. The fourth-order valence-electron chi connectivity index (χ4n) is 3.24. The Morgan fingerprint density at radius 3 is 2.56 bits per heavy atom. The molecule has 0 radical (unpaired) electrons. The molecule has 3 N–H and O–H groups in total. The summed E-state index contributed by atoms with van der Waals surface area (Å²) in [5.74, 6) is -0.650. The summed E-state index contributed by atoms with van der Waals surface area (Å²) in [4.78, 5) is 31.8. The van der Waals surface area contributed by atoms with E-state index in [-0.39, 0.29) is 11.6 Å². The second-order valence-corrected chi connectivity index (χ2v) is 7.30. The van der Waals surface area contributed by atoms with Crippen molar-refractivity contribution < 1.29 is 9.72 Å². The minimum Gasteiger partial charge on any atom is -0.334 e. The maximum atomic E-state index is 12.8. The molecule has 3 aromatic carbocycles. The third-order valence-electron chi connectivity index (χ3n) is 4.78. The Balaban J connectivity index is 1.60. The number of rotatable bonds is 6. The minimum absolute atomic E-state index is 0.0302. The summed E-state index contributed by atoms with van der Waals surface area (Å²) in [5, 5.41) is 16.9. The number of fused-ring (bicyclic) bond motifs is 1. The van der Waals surface area contributed by atoms with Crippen LogP contribution in [0.15, 0.2) is 67.0 Å². The van der Waals surface area contributed by atoms with Gasteiger partial charge in [-0.3, -0.25) is 25.8 Å². The predicted molar refractivity (Wildman–Crippen MR) is 123 cm³/mol. The number of anilines is 3. The van der Waals surface area contributed by atoms with Crippen molar-refractivity contribution in [2.75, 3.05) is 10.7 Å². The van der Waals surface area contributed by atoms with Crippen LogP contribution in [-0.4, -0.2) is 20.8 Å². The van der Waals surface area contributed by atoms with Gasteiger partial charge in [-0.15, -0.1) is 0 Å². The lowest BCUT2D eigenvalue weighted by Crippen LogP contribution is -2.30. The topological polar surface area (TPSA) is 122 Å². The quantitative estimate of drug-likeness (QED) is 0.280. The molecule has 4 rings (SSSR count). The summed E-state index contributed by atoms with van der Waals surface area (Å²) >= 11 is 5.97. The van der Waals surface area contributed by atoms with Gasteiger partial charge in [-0.05, 0) is 47.5 Å². The molecule has 160 valence electrons. The number of nitrogens with zero attached hydrogens (tertiary/aromatic N) is 3. The maximum Gasteiger partial charge on any atom is 0.355 e. The van der Waals surface area contributed by atoms with Crippen LogP contribution in [0.3, 0.4) is 0 Å². The summed E-state index contributed by atoms with van der Waals surface area (Å²) in [6.45, 7) is 1.81. The first-order valence-corrected chi connectivity index (χ1v) is 9.88.